The summed E-state index contributed by atoms with van der Waals surface area (Å²) in [6, 6.07) is 7.04. The molecule has 0 atom stereocenters. The van der Waals surface area contributed by atoms with E-state index in [1.807, 2.05) is 32.0 Å². The lowest BCUT2D eigenvalue weighted by atomic mass is 10.1. The summed E-state index contributed by atoms with van der Waals surface area (Å²) in [5.41, 5.74) is 1.74. The lowest BCUT2D eigenvalue weighted by Gasteiger charge is -2.08. The van der Waals surface area contributed by atoms with E-state index in [1.165, 1.54) is 12.3 Å². The number of aryl methyl sites for hydroxylation is 2. The number of hydrogen-bond donors (Lipinski definition) is 0. The van der Waals surface area contributed by atoms with Crippen molar-refractivity contribution in [2.45, 2.75) is 13.8 Å². The molecule has 0 aliphatic carbocycles. The molecule has 98 valence electrons. The van der Waals surface area contributed by atoms with E-state index >= 15 is 0 Å². The van der Waals surface area contributed by atoms with Crippen LogP contribution in [0.15, 0.2) is 34.9 Å². The maximum Gasteiger partial charge on any atom is 0.332 e. The minimum atomic E-state index is -0.516. The number of pyridine rings is 1. The fraction of sp³-hybridized carbons (Fsp3) is 0.154. The molecule has 1 aromatic carbocycles. The first-order valence-electron chi connectivity index (χ1n) is 5.52. The first-order chi connectivity index (χ1) is 8.97. The van der Waals surface area contributed by atoms with E-state index in [9.17, 15) is 10.1 Å². The Bertz CT molecular complexity index is 644. The Labute approximate surface area is 118 Å². The maximum atomic E-state index is 11.0. The van der Waals surface area contributed by atoms with Gasteiger partial charge >= 0.3 is 5.69 Å². The molecule has 0 amide bonds. The molecule has 6 heteroatoms. The van der Waals surface area contributed by atoms with Gasteiger partial charge in [-0.3, -0.25) is 10.1 Å². The van der Waals surface area contributed by atoms with Gasteiger partial charge in [0.15, 0.2) is 0 Å². The third kappa shape index (κ3) is 3.08. The number of rotatable bonds is 3. The van der Waals surface area contributed by atoms with Gasteiger partial charge in [-0.15, -0.1) is 0 Å². The predicted molar refractivity (Wildman–Crippen MR) is 74.6 cm³/mol. The molecule has 0 spiro atoms. The van der Waals surface area contributed by atoms with Crippen LogP contribution in [0, 0.1) is 24.0 Å². The topological polar surface area (TPSA) is 65.3 Å². The van der Waals surface area contributed by atoms with Gasteiger partial charge in [0.05, 0.1) is 4.92 Å². The van der Waals surface area contributed by atoms with Crippen molar-refractivity contribution in [3.05, 3.63) is 56.2 Å². The Balaban J connectivity index is 2.43. The Kier molecular flexibility index (Phi) is 3.80. The summed E-state index contributed by atoms with van der Waals surface area (Å²) in [7, 11) is 0. The van der Waals surface area contributed by atoms with Crippen LogP contribution >= 0.6 is 15.9 Å². The Hall–Kier alpha value is -1.95. The molecular formula is C13H11BrN2O3. The van der Waals surface area contributed by atoms with E-state index in [-0.39, 0.29) is 11.6 Å². The summed E-state index contributed by atoms with van der Waals surface area (Å²) in [5.74, 6) is 0.555. The van der Waals surface area contributed by atoms with Gasteiger partial charge in [0.2, 0.25) is 0 Å². The van der Waals surface area contributed by atoms with E-state index in [1.54, 1.807) is 0 Å². The predicted octanol–water partition coefficient (Wildman–Crippen LogP) is 4.16. The van der Waals surface area contributed by atoms with Crippen LogP contribution in [0.4, 0.5) is 5.69 Å². The fourth-order valence-electron chi connectivity index (χ4n) is 1.55. The van der Waals surface area contributed by atoms with Crippen LogP contribution in [0.5, 0.6) is 11.6 Å². The summed E-state index contributed by atoms with van der Waals surface area (Å²) >= 11 is 3.15. The van der Waals surface area contributed by atoms with Crippen molar-refractivity contribution in [1.82, 2.24) is 4.98 Å². The van der Waals surface area contributed by atoms with Crippen LogP contribution in [-0.4, -0.2) is 9.91 Å². The molecule has 1 aromatic heterocycles. The average Bonchev–Trinajstić information content (AvgIpc) is 2.35. The zero-order valence-corrected chi connectivity index (χ0v) is 12.0. The van der Waals surface area contributed by atoms with Crippen LogP contribution in [0.3, 0.4) is 0 Å². The molecule has 0 radical (unpaired) electrons. The molecule has 0 saturated heterocycles. The molecule has 19 heavy (non-hydrogen) atoms. The van der Waals surface area contributed by atoms with Gasteiger partial charge in [-0.05, 0) is 47.0 Å². The summed E-state index contributed by atoms with van der Waals surface area (Å²) in [5, 5.41) is 11.0. The number of ether oxygens (including phenoxy) is 1. The molecule has 0 aliphatic heterocycles. The van der Waals surface area contributed by atoms with Crippen molar-refractivity contribution in [2.75, 3.05) is 0 Å². The highest BCUT2D eigenvalue weighted by Crippen LogP contribution is 2.32. The van der Waals surface area contributed by atoms with E-state index in [2.05, 4.69) is 20.9 Å². The van der Waals surface area contributed by atoms with Crippen LogP contribution < -0.4 is 4.74 Å². The van der Waals surface area contributed by atoms with Crippen LogP contribution in [0.25, 0.3) is 0 Å². The van der Waals surface area contributed by atoms with E-state index in [0.29, 0.717) is 10.2 Å². The monoisotopic (exact) mass is 322 g/mol. The van der Waals surface area contributed by atoms with Gasteiger partial charge in [0, 0.05) is 16.7 Å². The first kappa shape index (κ1) is 13.5. The second-order valence-electron chi connectivity index (χ2n) is 4.11. The maximum absolute atomic E-state index is 11.0. The first-order valence-corrected chi connectivity index (χ1v) is 6.31. The van der Waals surface area contributed by atoms with Crippen LogP contribution in [0.2, 0.25) is 0 Å². The summed E-state index contributed by atoms with van der Waals surface area (Å²) in [4.78, 5) is 14.4. The summed E-state index contributed by atoms with van der Waals surface area (Å²) < 4.78 is 6.10. The van der Waals surface area contributed by atoms with E-state index in [0.717, 1.165) is 11.1 Å². The second-order valence-corrected chi connectivity index (χ2v) is 5.02. The lowest BCUT2D eigenvalue weighted by Crippen LogP contribution is -1.97. The minimum Gasteiger partial charge on any atom is -0.433 e. The number of hydrogen-bond acceptors (Lipinski definition) is 4. The Morgan fingerprint density at radius 3 is 2.74 bits per heavy atom. The van der Waals surface area contributed by atoms with Gasteiger partial charge in [-0.1, -0.05) is 12.1 Å². The van der Waals surface area contributed by atoms with Gasteiger partial charge in [-0.2, -0.15) is 0 Å². The van der Waals surface area contributed by atoms with Gasteiger partial charge in [-0.25, -0.2) is 4.98 Å². The molecule has 0 aliphatic rings. The molecule has 5 nitrogen and oxygen atoms in total. The quantitative estimate of drug-likeness (QED) is 0.628. The van der Waals surface area contributed by atoms with Crippen LogP contribution in [0.1, 0.15) is 11.1 Å². The van der Waals surface area contributed by atoms with E-state index < -0.39 is 4.92 Å². The zero-order valence-electron chi connectivity index (χ0n) is 10.4. The summed E-state index contributed by atoms with van der Waals surface area (Å²) in [6.45, 7) is 3.80. The molecule has 0 saturated carbocycles. The molecular weight excluding hydrogens is 312 g/mol. The number of halogens is 1. The van der Waals surface area contributed by atoms with Crippen molar-refractivity contribution in [3.63, 3.8) is 0 Å². The summed E-state index contributed by atoms with van der Waals surface area (Å²) in [6.07, 6.45) is 1.47. The van der Waals surface area contributed by atoms with Crippen molar-refractivity contribution in [2.24, 2.45) is 0 Å². The van der Waals surface area contributed by atoms with E-state index in [4.69, 9.17) is 4.74 Å². The third-order valence-electron chi connectivity index (χ3n) is 2.55. The van der Waals surface area contributed by atoms with Gasteiger partial charge in [0.1, 0.15) is 5.75 Å². The number of aromatic nitrogens is 1. The lowest BCUT2D eigenvalue weighted by molar-refractivity contribution is -0.386. The van der Waals surface area contributed by atoms with Gasteiger partial charge < -0.3 is 4.74 Å². The minimum absolute atomic E-state index is 0.0121. The average molecular weight is 323 g/mol. The molecule has 0 fully saturated rings. The molecule has 2 rings (SSSR count). The molecule has 1 heterocycles. The molecule has 2 aromatic rings. The van der Waals surface area contributed by atoms with Crippen molar-refractivity contribution >= 4 is 21.6 Å². The smallest absolute Gasteiger partial charge is 0.332 e. The van der Waals surface area contributed by atoms with Crippen molar-refractivity contribution in [3.8, 4) is 11.6 Å². The molecule has 0 bridgehead atoms. The van der Waals surface area contributed by atoms with Crippen molar-refractivity contribution in [1.29, 1.82) is 0 Å². The largest absolute Gasteiger partial charge is 0.433 e. The number of nitrogens with zero attached hydrogens (tertiary/aromatic N) is 2. The standard InChI is InChI=1S/C13H11BrN2O3/c1-8-3-4-9(2)12(5-8)19-13-11(16(17)18)6-10(14)7-15-13/h3-7H,1-2H3. The van der Waals surface area contributed by atoms with Crippen molar-refractivity contribution < 1.29 is 9.66 Å². The zero-order chi connectivity index (χ0) is 14.0. The highest BCUT2D eigenvalue weighted by Gasteiger charge is 2.18. The Morgan fingerprint density at radius 1 is 1.32 bits per heavy atom. The van der Waals surface area contributed by atoms with Crippen LogP contribution in [-0.2, 0) is 0 Å². The Morgan fingerprint density at radius 2 is 2.05 bits per heavy atom. The highest BCUT2D eigenvalue weighted by molar-refractivity contribution is 9.10. The fourth-order valence-corrected chi connectivity index (χ4v) is 1.87. The number of benzene rings is 1. The number of nitro groups is 1. The molecule has 0 unspecified atom stereocenters. The molecule has 0 N–H and O–H groups in total. The highest BCUT2D eigenvalue weighted by atomic mass is 79.9. The second kappa shape index (κ2) is 5.36. The normalized spacial score (nSPS) is 10.3. The SMILES string of the molecule is Cc1ccc(C)c(Oc2ncc(Br)cc2[N+](=O)[O-])c1. The third-order valence-corrected chi connectivity index (χ3v) is 2.98. The van der Waals surface area contributed by atoms with Gasteiger partial charge in [0.25, 0.3) is 5.88 Å².